The fourth-order valence-electron chi connectivity index (χ4n) is 1.83. The average Bonchev–Trinajstić information content (AvgIpc) is 2.87. The molecular formula is C10H12BrNO4S2. The zero-order chi connectivity index (χ0) is 13.5. The number of hydrogen-bond acceptors (Lipinski definition) is 4. The van der Waals surface area contributed by atoms with E-state index in [-0.39, 0.29) is 17.3 Å². The molecule has 8 heteroatoms. The van der Waals surface area contributed by atoms with E-state index in [1.165, 1.54) is 4.31 Å². The number of nitrogens with zero attached hydrogens (tertiary/aromatic N) is 1. The molecule has 2 heterocycles. The minimum atomic E-state index is -3.55. The van der Waals surface area contributed by atoms with Crippen LogP contribution in [0.5, 0.6) is 0 Å². The Balaban J connectivity index is 2.25. The first kappa shape index (κ1) is 14.0. The maximum Gasteiger partial charge on any atom is 0.307 e. The Hall–Kier alpha value is -0.440. The first-order valence-corrected chi connectivity index (χ1v) is 8.36. The second kappa shape index (κ2) is 4.92. The van der Waals surface area contributed by atoms with Crippen LogP contribution in [0, 0.1) is 12.8 Å². The van der Waals surface area contributed by atoms with Gasteiger partial charge in [0.05, 0.1) is 9.70 Å². The van der Waals surface area contributed by atoms with Crippen LogP contribution in [0.25, 0.3) is 0 Å². The Morgan fingerprint density at radius 2 is 2.28 bits per heavy atom. The largest absolute Gasteiger partial charge is 0.481 e. The minimum absolute atomic E-state index is 0.0617. The smallest absolute Gasteiger partial charge is 0.307 e. The summed E-state index contributed by atoms with van der Waals surface area (Å²) >= 11 is 4.45. The molecule has 2 rings (SSSR count). The van der Waals surface area contributed by atoms with Crippen LogP contribution in [0.4, 0.5) is 0 Å². The molecule has 1 aliphatic rings. The summed E-state index contributed by atoms with van der Waals surface area (Å²) in [5, 5.41) is 8.89. The van der Waals surface area contributed by atoms with Gasteiger partial charge >= 0.3 is 5.97 Å². The number of carboxylic acid groups (broad SMARTS) is 1. The van der Waals surface area contributed by atoms with Crippen molar-refractivity contribution in [3.8, 4) is 0 Å². The number of aryl methyl sites for hydroxylation is 1. The quantitative estimate of drug-likeness (QED) is 0.900. The maximum atomic E-state index is 12.3. The molecule has 1 N–H and O–H groups in total. The van der Waals surface area contributed by atoms with Gasteiger partial charge in [-0.05, 0) is 40.9 Å². The summed E-state index contributed by atoms with van der Waals surface area (Å²) in [4.78, 5) is 10.8. The van der Waals surface area contributed by atoms with Gasteiger partial charge in [-0.3, -0.25) is 4.79 Å². The predicted molar refractivity (Wildman–Crippen MR) is 71.3 cm³/mol. The van der Waals surface area contributed by atoms with Gasteiger partial charge in [0.15, 0.2) is 0 Å². The Bertz CT molecular complexity index is 561. The lowest BCUT2D eigenvalue weighted by atomic mass is 10.1. The molecule has 0 aromatic carbocycles. The van der Waals surface area contributed by atoms with Gasteiger partial charge in [0.25, 0.3) is 10.0 Å². The minimum Gasteiger partial charge on any atom is -0.481 e. The average molecular weight is 354 g/mol. The molecule has 1 saturated heterocycles. The lowest BCUT2D eigenvalue weighted by molar-refractivity contribution is -0.141. The third-order valence-corrected chi connectivity index (χ3v) is 7.38. The monoisotopic (exact) mass is 353 g/mol. The first-order chi connectivity index (χ1) is 8.32. The number of carboxylic acids is 1. The van der Waals surface area contributed by atoms with Crippen LogP contribution in [-0.2, 0) is 14.8 Å². The van der Waals surface area contributed by atoms with Gasteiger partial charge in [-0.25, -0.2) is 8.42 Å². The van der Waals surface area contributed by atoms with Crippen molar-refractivity contribution in [2.45, 2.75) is 17.6 Å². The molecule has 1 atom stereocenters. The van der Waals surface area contributed by atoms with Crippen molar-refractivity contribution >= 4 is 43.3 Å². The number of aliphatic carboxylic acids is 1. The van der Waals surface area contributed by atoms with Crippen LogP contribution in [0.2, 0.25) is 0 Å². The standard InChI is InChI=1S/C10H12BrNO4S2/c1-6-4-8(17-9(6)11)18(15,16)12-3-2-7(5-12)10(13)14/h4,7H,2-3,5H2,1H3,(H,13,14). The molecule has 1 aromatic heterocycles. The third-order valence-electron chi connectivity index (χ3n) is 2.93. The normalized spacial score (nSPS) is 21.3. The Labute approximate surface area is 118 Å². The van der Waals surface area contributed by atoms with E-state index in [4.69, 9.17) is 5.11 Å². The highest BCUT2D eigenvalue weighted by atomic mass is 79.9. The molecule has 100 valence electrons. The molecule has 18 heavy (non-hydrogen) atoms. The molecule has 1 aliphatic heterocycles. The van der Waals surface area contributed by atoms with Crippen LogP contribution < -0.4 is 0 Å². The SMILES string of the molecule is Cc1cc(S(=O)(=O)N2CCC(C(=O)O)C2)sc1Br. The van der Waals surface area contributed by atoms with E-state index in [9.17, 15) is 13.2 Å². The molecule has 0 bridgehead atoms. The summed E-state index contributed by atoms with van der Waals surface area (Å²) < 4.78 is 26.9. The van der Waals surface area contributed by atoms with E-state index in [0.29, 0.717) is 6.42 Å². The maximum absolute atomic E-state index is 12.3. The van der Waals surface area contributed by atoms with E-state index in [0.717, 1.165) is 20.7 Å². The third kappa shape index (κ3) is 2.47. The summed E-state index contributed by atoms with van der Waals surface area (Å²) in [6.07, 6.45) is 0.375. The second-order valence-electron chi connectivity index (χ2n) is 4.21. The van der Waals surface area contributed by atoms with Crippen LogP contribution in [0.1, 0.15) is 12.0 Å². The Morgan fingerprint density at radius 3 is 2.72 bits per heavy atom. The van der Waals surface area contributed by atoms with Crippen LogP contribution in [-0.4, -0.2) is 36.9 Å². The lowest BCUT2D eigenvalue weighted by Crippen LogP contribution is -2.29. The molecule has 0 amide bonds. The number of thiophene rings is 1. The highest BCUT2D eigenvalue weighted by Crippen LogP contribution is 2.34. The van der Waals surface area contributed by atoms with Gasteiger partial charge in [0.1, 0.15) is 4.21 Å². The van der Waals surface area contributed by atoms with Gasteiger partial charge < -0.3 is 5.11 Å². The van der Waals surface area contributed by atoms with Crippen LogP contribution >= 0.6 is 27.3 Å². The highest BCUT2D eigenvalue weighted by molar-refractivity contribution is 9.11. The topological polar surface area (TPSA) is 74.7 Å². The summed E-state index contributed by atoms with van der Waals surface area (Å²) in [7, 11) is -3.55. The number of hydrogen-bond donors (Lipinski definition) is 1. The van der Waals surface area contributed by atoms with Crippen molar-refractivity contribution in [3.63, 3.8) is 0 Å². The molecule has 0 radical (unpaired) electrons. The van der Waals surface area contributed by atoms with E-state index in [1.807, 2.05) is 6.92 Å². The zero-order valence-electron chi connectivity index (χ0n) is 9.59. The van der Waals surface area contributed by atoms with E-state index >= 15 is 0 Å². The Kier molecular flexibility index (Phi) is 3.82. The number of halogens is 1. The van der Waals surface area contributed by atoms with E-state index in [2.05, 4.69) is 15.9 Å². The van der Waals surface area contributed by atoms with Crippen molar-refractivity contribution in [2.24, 2.45) is 5.92 Å². The van der Waals surface area contributed by atoms with Gasteiger partial charge in [-0.15, -0.1) is 11.3 Å². The summed E-state index contributed by atoms with van der Waals surface area (Å²) in [6.45, 7) is 2.16. The molecule has 1 fully saturated rings. The zero-order valence-corrected chi connectivity index (χ0v) is 12.8. The van der Waals surface area contributed by atoms with Gasteiger partial charge in [-0.1, -0.05) is 0 Å². The Morgan fingerprint density at radius 1 is 1.61 bits per heavy atom. The molecular weight excluding hydrogens is 342 g/mol. The van der Waals surface area contributed by atoms with Crippen molar-refractivity contribution in [3.05, 3.63) is 15.4 Å². The molecule has 1 unspecified atom stereocenters. The highest BCUT2D eigenvalue weighted by Gasteiger charge is 2.36. The van der Waals surface area contributed by atoms with E-state index in [1.54, 1.807) is 6.07 Å². The summed E-state index contributed by atoms with van der Waals surface area (Å²) in [5.41, 5.74) is 0.868. The van der Waals surface area contributed by atoms with E-state index < -0.39 is 21.9 Å². The van der Waals surface area contributed by atoms with Crippen molar-refractivity contribution in [1.82, 2.24) is 4.31 Å². The number of rotatable bonds is 3. The number of carbonyl (C=O) groups is 1. The summed E-state index contributed by atoms with van der Waals surface area (Å²) in [5.74, 6) is -1.53. The molecule has 0 saturated carbocycles. The molecule has 1 aromatic rings. The van der Waals surface area contributed by atoms with Crippen molar-refractivity contribution in [1.29, 1.82) is 0 Å². The second-order valence-corrected chi connectivity index (χ2v) is 8.74. The van der Waals surface area contributed by atoms with Gasteiger partial charge in [0.2, 0.25) is 0 Å². The lowest BCUT2D eigenvalue weighted by Gasteiger charge is -2.14. The summed E-state index contributed by atoms with van der Waals surface area (Å²) in [6, 6.07) is 1.61. The number of sulfonamides is 1. The van der Waals surface area contributed by atoms with Gasteiger partial charge in [0, 0.05) is 13.1 Å². The fraction of sp³-hybridized carbons (Fsp3) is 0.500. The van der Waals surface area contributed by atoms with Crippen LogP contribution in [0.15, 0.2) is 14.1 Å². The molecule has 0 aliphatic carbocycles. The van der Waals surface area contributed by atoms with Crippen molar-refractivity contribution in [2.75, 3.05) is 13.1 Å². The predicted octanol–water partition coefficient (Wildman–Crippen LogP) is 1.91. The molecule has 0 spiro atoms. The van der Waals surface area contributed by atoms with Gasteiger partial charge in [-0.2, -0.15) is 4.31 Å². The molecule has 5 nitrogen and oxygen atoms in total. The van der Waals surface area contributed by atoms with Crippen LogP contribution in [0.3, 0.4) is 0 Å². The van der Waals surface area contributed by atoms with Crippen molar-refractivity contribution < 1.29 is 18.3 Å². The first-order valence-electron chi connectivity index (χ1n) is 5.31. The fourth-order valence-corrected chi connectivity index (χ4v) is 5.72.